The summed E-state index contributed by atoms with van der Waals surface area (Å²) in [5.41, 5.74) is -8.49. The summed E-state index contributed by atoms with van der Waals surface area (Å²) in [5.74, 6) is 0. The molecule has 0 aromatic heterocycles. The number of benzene rings is 2. The molecule has 2 atom stereocenters. The summed E-state index contributed by atoms with van der Waals surface area (Å²) in [6.07, 6.45) is -10.2. The van der Waals surface area contributed by atoms with Crippen LogP contribution in [0.2, 0.25) is 0 Å². The highest BCUT2D eigenvalue weighted by molar-refractivity contribution is 9.10. The van der Waals surface area contributed by atoms with Crippen molar-refractivity contribution in [1.82, 2.24) is 0 Å². The molecule has 0 aliphatic rings. The van der Waals surface area contributed by atoms with Gasteiger partial charge in [-0.3, -0.25) is 0 Å². The number of aliphatic hydroxyl groups is 4. The predicted octanol–water partition coefficient (Wildman–Crippen LogP) is 5.00. The Hall–Kier alpha value is -1.18. The third-order valence-electron chi connectivity index (χ3n) is 4.29. The summed E-state index contributed by atoms with van der Waals surface area (Å²) in [6, 6.07) is 5.25. The largest absolute Gasteiger partial charge is 0.423 e. The second-order valence-corrected chi connectivity index (χ2v) is 8.13. The molecule has 4 nitrogen and oxygen atoms in total. The lowest BCUT2D eigenvalue weighted by atomic mass is 9.93. The molecule has 0 fully saturated rings. The molecule has 0 heterocycles. The lowest BCUT2D eigenvalue weighted by molar-refractivity contribution is -0.277. The molecule has 0 bridgehead atoms. The smallest absolute Gasteiger partial charge is 0.393 e. The molecule has 0 unspecified atom stereocenters. The summed E-state index contributed by atoms with van der Waals surface area (Å²) in [6.45, 7) is -8.11. The van der Waals surface area contributed by atoms with Gasteiger partial charge in [-0.1, -0.05) is 56.1 Å². The summed E-state index contributed by atoms with van der Waals surface area (Å²) < 4.78 is 119. The summed E-state index contributed by atoms with van der Waals surface area (Å²) in [7, 11) is 0. The van der Waals surface area contributed by atoms with Crippen LogP contribution >= 0.6 is 31.9 Å². The van der Waals surface area contributed by atoms with Gasteiger partial charge in [-0.2, -0.15) is 26.3 Å². The van der Waals surface area contributed by atoms with Crippen molar-refractivity contribution in [3.63, 3.8) is 0 Å². The Labute approximate surface area is 205 Å². The van der Waals surface area contributed by atoms with Crippen LogP contribution in [0, 0.1) is 13.7 Å². The van der Waals surface area contributed by atoms with Crippen molar-refractivity contribution in [2.24, 2.45) is 0 Å². The molecule has 0 radical (unpaired) electrons. The highest BCUT2D eigenvalue weighted by Gasteiger charge is 2.55. The molecule has 0 aliphatic carbocycles. The van der Waals surface area contributed by atoms with Crippen LogP contribution < -0.4 is 0 Å². The second-order valence-electron chi connectivity index (χ2n) is 6.42. The van der Waals surface area contributed by atoms with Crippen molar-refractivity contribution in [2.75, 3.05) is 13.2 Å². The van der Waals surface area contributed by atoms with Crippen LogP contribution in [-0.4, -0.2) is 46.0 Å². The topological polar surface area (TPSA) is 80.9 Å². The number of halogens is 8. The van der Waals surface area contributed by atoms with E-state index in [1.165, 1.54) is 0 Å². The number of aliphatic hydroxyl groups excluding tert-OH is 2. The van der Waals surface area contributed by atoms with Crippen molar-refractivity contribution in [3.05, 3.63) is 67.6 Å². The number of hydrogen-bond donors (Lipinski definition) is 4. The van der Waals surface area contributed by atoms with E-state index in [4.69, 9.17) is 18.4 Å². The maximum Gasteiger partial charge on any atom is 0.423 e. The normalized spacial score (nSPS) is 19.5. The van der Waals surface area contributed by atoms with E-state index in [0.29, 0.717) is 0 Å². The standard InChI is InChI=1S/2C10H10BrF3O2/c2*1-6-2-3-7(4-8(6)11)9(16,5-15)10(12,13)14/h2*2-4,15-16H,5H2,1H3/t2*9-/m10/s1/i2*1D3. The lowest BCUT2D eigenvalue weighted by Crippen LogP contribution is -2.45. The average Bonchev–Trinajstić information content (AvgIpc) is 2.74. The van der Waals surface area contributed by atoms with Crippen molar-refractivity contribution in [2.45, 2.75) is 37.3 Å². The molecule has 2 rings (SSSR count). The molecule has 0 spiro atoms. The van der Waals surface area contributed by atoms with Gasteiger partial charge in [0.2, 0.25) is 11.2 Å². The highest BCUT2D eigenvalue weighted by Crippen LogP contribution is 2.40. The van der Waals surface area contributed by atoms with E-state index in [-0.39, 0.29) is 20.1 Å². The Morgan fingerprint density at radius 1 is 0.719 bits per heavy atom. The fraction of sp³-hybridized carbons (Fsp3) is 0.400. The van der Waals surface area contributed by atoms with Gasteiger partial charge in [-0.25, -0.2) is 0 Å². The van der Waals surface area contributed by atoms with Gasteiger partial charge in [0.05, 0.1) is 13.2 Å². The van der Waals surface area contributed by atoms with Gasteiger partial charge in [0.1, 0.15) is 0 Å². The third-order valence-corrected chi connectivity index (χ3v) is 5.60. The van der Waals surface area contributed by atoms with E-state index < -0.39 is 61.6 Å². The number of hydrogen-bond acceptors (Lipinski definition) is 4. The Morgan fingerprint density at radius 2 is 1.03 bits per heavy atom. The maximum absolute atomic E-state index is 12.7. The fourth-order valence-electron chi connectivity index (χ4n) is 2.23. The minimum atomic E-state index is -5.08. The lowest BCUT2D eigenvalue weighted by Gasteiger charge is -2.29. The summed E-state index contributed by atoms with van der Waals surface area (Å²) in [4.78, 5) is 0. The zero-order valence-electron chi connectivity index (χ0n) is 21.7. The van der Waals surface area contributed by atoms with E-state index in [9.17, 15) is 36.6 Å². The molecule has 2 aromatic carbocycles. The van der Waals surface area contributed by atoms with Crippen LogP contribution in [0.25, 0.3) is 0 Å². The molecular weight excluding hydrogens is 578 g/mol. The summed E-state index contributed by atoms with van der Waals surface area (Å²) in [5, 5.41) is 36.6. The van der Waals surface area contributed by atoms with E-state index in [2.05, 4.69) is 31.9 Å². The fourth-order valence-corrected chi connectivity index (χ4v) is 2.99. The van der Waals surface area contributed by atoms with Gasteiger partial charge in [0.25, 0.3) is 0 Å². The summed E-state index contributed by atoms with van der Waals surface area (Å²) >= 11 is 5.70. The first-order valence-corrected chi connectivity index (χ1v) is 9.86. The minimum absolute atomic E-state index is 0.0962. The van der Waals surface area contributed by atoms with Crippen molar-refractivity contribution < 1.29 is 55.0 Å². The van der Waals surface area contributed by atoms with E-state index in [1.54, 1.807) is 0 Å². The second kappa shape index (κ2) is 10.4. The van der Waals surface area contributed by atoms with Crippen LogP contribution in [0.15, 0.2) is 45.3 Å². The number of alkyl halides is 6. The molecule has 12 heteroatoms. The quantitative estimate of drug-likeness (QED) is 0.371. The first kappa shape index (κ1) is 20.2. The molecule has 180 valence electrons. The van der Waals surface area contributed by atoms with E-state index in [0.717, 1.165) is 36.4 Å². The molecule has 0 saturated heterocycles. The highest BCUT2D eigenvalue weighted by atomic mass is 79.9. The van der Waals surface area contributed by atoms with Gasteiger partial charge in [-0.05, 0) is 48.1 Å². The average molecular weight is 604 g/mol. The molecule has 4 N–H and O–H groups in total. The zero-order chi connectivity index (χ0) is 30.1. The maximum atomic E-state index is 12.7. The number of rotatable bonds is 4. The van der Waals surface area contributed by atoms with Crippen molar-refractivity contribution >= 4 is 31.9 Å². The Balaban J connectivity index is 0.000000380. The predicted molar refractivity (Wildman–Crippen MR) is 112 cm³/mol. The zero-order valence-corrected chi connectivity index (χ0v) is 18.9. The monoisotopic (exact) mass is 602 g/mol. The van der Waals surface area contributed by atoms with Gasteiger partial charge < -0.3 is 20.4 Å². The van der Waals surface area contributed by atoms with Crippen LogP contribution in [-0.2, 0) is 11.2 Å². The SMILES string of the molecule is [2H]C([2H])([2H])c1ccc([C@@](O)(CO)C(F)(F)F)cc1Br.[2H]C([2H])([2H])c1ccc([C@](O)(CO)C(F)(F)F)cc1Br. The first-order chi connectivity index (χ1) is 16.9. The molecular formula is C20H20Br2F6O4. The van der Waals surface area contributed by atoms with Gasteiger partial charge in [0, 0.05) is 17.2 Å². The molecule has 0 amide bonds. The third kappa shape index (κ3) is 6.03. The molecule has 2 aromatic rings. The molecule has 32 heavy (non-hydrogen) atoms. The Kier molecular flexibility index (Phi) is 6.56. The van der Waals surface area contributed by atoms with Gasteiger partial charge >= 0.3 is 12.4 Å². The van der Waals surface area contributed by atoms with E-state index in [1.807, 2.05) is 0 Å². The van der Waals surface area contributed by atoms with Gasteiger partial charge in [0.15, 0.2) is 0 Å². The number of aryl methyl sites for hydroxylation is 2. The van der Waals surface area contributed by atoms with Crippen LogP contribution in [0.5, 0.6) is 0 Å². The minimum Gasteiger partial charge on any atom is -0.393 e. The Bertz CT molecular complexity index is 1040. The van der Waals surface area contributed by atoms with Crippen molar-refractivity contribution in [1.29, 1.82) is 0 Å². The van der Waals surface area contributed by atoms with E-state index >= 15 is 0 Å². The van der Waals surface area contributed by atoms with Crippen LogP contribution in [0.1, 0.15) is 30.5 Å². The van der Waals surface area contributed by atoms with Crippen LogP contribution in [0.3, 0.4) is 0 Å². The van der Waals surface area contributed by atoms with Crippen LogP contribution in [0.4, 0.5) is 26.3 Å². The Morgan fingerprint density at radius 3 is 1.22 bits per heavy atom. The van der Waals surface area contributed by atoms with Gasteiger partial charge in [-0.15, -0.1) is 0 Å². The molecule has 0 saturated carbocycles. The molecule has 0 aliphatic heterocycles. The first-order valence-electron chi connectivity index (χ1n) is 11.3. The van der Waals surface area contributed by atoms with Crippen molar-refractivity contribution in [3.8, 4) is 0 Å².